The maximum Gasteiger partial charge on any atom is 0.330 e. The average molecular weight is 322 g/mol. The van der Waals surface area contributed by atoms with Crippen molar-refractivity contribution in [2.45, 2.75) is 13.1 Å². The Balaban J connectivity index is 1.93. The van der Waals surface area contributed by atoms with E-state index in [0.29, 0.717) is 0 Å². The van der Waals surface area contributed by atoms with Gasteiger partial charge in [0.15, 0.2) is 0 Å². The molecule has 2 aromatic rings. The van der Waals surface area contributed by atoms with Crippen molar-refractivity contribution in [3.05, 3.63) is 66.2 Å². The van der Waals surface area contributed by atoms with E-state index in [1.54, 1.807) is 14.1 Å². The summed E-state index contributed by atoms with van der Waals surface area (Å²) in [6.07, 6.45) is 2.80. The highest BCUT2D eigenvalue weighted by Gasteiger charge is 2.04. The quantitative estimate of drug-likeness (QED) is 0.580. The van der Waals surface area contributed by atoms with Crippen LogP contribution in [0.4, 0.5) is 0 Å². The molecule has 0 atom stereocenters. The molecule has 0 radical (unpaired) electrons. The van der Waals surface area contributed by atoms with Crippen molar-refractivity contribution < 1.29 is 4.74 Å². The van der Waals surface area contributed by atoms with Crippen LogP contribution in [0.15, 0.2) is 43.7 Å². The summed E-state index contributed by atoms with van der Waals surface area (Å²) in [4.78, 5) is 46.8. The number of rotatable bonds is 6. The maximum atomic E-state index is 11.8. The molecule has 2 aromatic heterocycles. The number of aryl methyl sites for hydroxylation is 2. The van der Waals surface area contributed by atoms with Crippen LogP contribution in [0.25, 0.3) is 0 Å². The normalized spacial score (nSPS) is 10.9. The Morgan fingerprint density at radius 2 is 1.17 bits per heavy atom. The highest BCUT2D eigenvalue weighted by molar-refractivity contribution is 4.86. The standard InChI is InChI=1S/C14H18N4O5/c1-15-5-3-11(19)17(13(15)21)7-9-23-10-8-18-12(20)4-6-16(2)14(18)22/h3-6H,7-10H2,1-2H3. The molecule has 0 saturated carbocycles. The summed E-state index contributed by atoms with van der Waals surface area (Å²) in [6, 6.07) is 2.60. The van der Waals surface area contributed by atoms with Crippen LogP contribution >= 0.6 is 0 Å². The van der Waals surface area contributed by atoms with Gasteiger partial charge in [-0.1, -0.05) is 0 Å². The third kappa shape index (κ3) is 3.75. The van der Waals surface area contributed by atoms with E-state index in [0.717, 1.165) is 9.13 Å². The first-order chi connectivity index (χ1) is 10.9. The van der Waals surface area contributed by atoms with Gasteiger partial charge < -0.3 is 13.9 Å². The van der Waals surface area contributed by atoms with E-state index < -0.39 is 22.5 Å². The Morgan fingerprint density at radius 3 is 1.57 bits per heavy atom. The van der Waals surface area contributed by atoms with Crippen molar-refractivity contribution in [3.63, 3.8) is 0 Å². The van der Waals surface area contributed by atoms with Crippen molar-refractivity contribution in [1.29, 1.82) is 0 Å². The molecule has 9 nitrogen and oxygen atoms in total. The second-order valence-corrected chi connectivity index (χ2v) is 5.01. The molecule has 0 amide bonds. The average Bonchev–Trinajstić information content (AvgIpc) is 2.53. The minimum absolute atomic E-state index is 0.105. The molecule has 0 aliphatic heterocycles. The molecule has 0 aliphatic rings. The van der Waals surface area contributed by atoms with Gasteiger partial charge in [-0.15, -0.1) is 0 Å². The van der Waals surface area contributed by atoms with Gasteiger partial charge in [0.2, 0.25) is 0 Å². The zero-order chi connectivity index (χ0) is 17.0. The Morgan fingerprint density at radius 1 is 0.783 bits per heavy atom. The molecule has 0 aliphatic carbocycles. The van der Waals surface area contributed by atoms with Crippen LogP contribution in [-0.4, -0.2) is 31.5 Å². The SMILES string of the molecule is Cn1ccc(=O)n(CCOCCn2c(=O)ccn(C)c2=O)c1=O. The van der Waals surface area contributed by atoms with E-state index in [4.69, 9.17) is 4.74 Å². The van der Waals surface area contributed by atoms with Crippen LogP contribution in [0.3, 0.4) is 0 Å². The lowest BCUT2D eigenvalue weighted by Crippen LogP contribution is -2.40. The van der Waals surface area contributed by atoms with Gasteiger partial charge in [0.05, 0.1) is 26.3 Å². The van der Waals surface area contributed by atoms with E-state index in [9.17, 15) is 19.2 Å². The summed E-state index contributed by atoms with van der Waals surface area (Å²) in [6.45, 7) is 0.463. The molecule has 23 heavy (non-hydrogen) atoms. The molecule has 0 unspecified atom stereocenters. The monoisotopic (exact) mass is 322 g/mol. The largest absolute Gasteiger partial charge is 0.378 e. The Labute approximate surface area is 130 Å². The second kappa shape index (κ2) is 7.05. The van der Waals surface area contributed by atoms with Crippen LogP contribution in [0.5, 0.6) is 0 Å². The fourth-order valence-electron chi connectivity index (χ4n) is 2.05. The molecule has 124 valence electrons. The second-order valence-electron chi connectivity index (χ2n) is 5.01. The van der Waals surface area contributed by atoms with Crippen molar-refractivity contribution in [2.24, 2.45) is 14.1 Å². The lowest BCUT2D eigenvalue weighted by atomic mass is 10.5. The molecular formula is C14H18N4O5. The Hall–Kier alpha value is -2.68. The first-order valence-electron chi connectivity index (χ1n) is 7.02. The number of hydrogen-bond acceptors (Lipinski definition) is 5. The van der Waals surface area contributed by atoms with Crippen LogP contribution in [0, 0.1) is 0 Å². The highest BCUT2D eigenvalue weighted by Crippen LogP contribution is 1.82. The van der Waals surface area contributed by atoms with Crippen LogP contribution < -0.4 is 22.5 Å². The van der Waals surface area contributed by atoms with Crippen molar-refractivity contribution in [2.75, 3.05) is 13.2 Å². The van der Waals surface area contributed by atoms with Gasteiger partial charge in [0.25, 0.3) is 11.1 Å². The summed E-state index contributed by atoms with van der Waals surface area (Å²) in [5.41, 5.74) is -1.64. The number of hydrogen-bond donors (Lipinski definition) is 0. The molecule has 0 fully saturated rings. The zero-order valence-corrected chi connectivity index (χ0v) is 13.0. The van der Waals surface area contributed by atoms with E-state index in [2.05, 4.69) is 0 Å². The van der Waals surface area contributed by atoms with Crippen LogP contribution in [0.1, 0.15) is 0 Å². The van der Waals surface area contributed by atoms with E-state index in [1.165, 1.54) is 33.7 Å². The summed E-state index contributed by atoms with van der Waals surface area (Å²) in [5, 5.41) is 0. The molecule has 0 bridgehead atoms. The summed E-state index contributed by atoms with van der Waals surface area (Å²) in [7, 11) is 3.10. The van der Waals surface area contributed by atoms with Gasteiger partial charge in [-0.3, -0.25) is 18.7 Å². The Bertz CT molecular complexity index is 843. The lowest BCUT2D eigenvalue weighted by Gasteiger charge is -2.09. The van der Waals surface area contributed by atoms with Gasteiger partial charge in [0.1, 0.15) is 0 Å². The number of aromatic nitrogens is 4. The predicted molar refractivity (Wildman–Crippen MR) is 82.7 cm³/mol. The summed E-state index contributed by atoms with van der Waals surface area (Å²) < 4.78 is 10.1. The molecule has 9 heteroatoms. The molecule has 0 spiro atoms. The topological polar surface area (TPSA) is 97.2 Å². The first kappa shape index (κ1) is 16.7. The van der Waals surface area contributed by atoms with E-state index in [-0.39, 0.29) is 26.3 Å². The minimum Gasteiger partial charge on any atom is -0.378 e. The lowest BCUT2D eigenvalue weighted by molar-refractivity contribution is 0.115. The smallest absolute Gasteiger partial charge is 0.330 e. The molecule has 2 rings (SSSR count). The molecule has 2 heterocycles. The first-order valence-corrected chi connectivity index (χ1v) is 7.02. The summed E-state index contributed by atoms with van der Waals surface area (Å²) in [5.74, 6) is 0. The molecule has 0 saturated heterocycles. The fourth-order valence-corrected chi connectivity index (χ4v) is 2.05. The van der Waals surface area contributed by atoms with Crippen LogP contribution in [-0.2, 0) is 31.9 Å². The van der Waals surface area contributed by atoms with E-state index in [1.807, 2.05) is 0 Å². The minimum atomic E-state index is -0.422. The maximum absolute atomic E-state index is 11.8. The Kier molecular flexibility index (Phi) is 5.12. The predicted octanol–water partition coefficient (Wildman–Crippen LogP) is -1.88. The third-order valence-corrected chi connectivity index (χ3v) is 3.40. The van der Waals surface area contributed by atoms with Crippen molar-refractivity contribution in [1.82, 2.24) is 18.3 Å². The number of nitrogens with zero attached hydrogens (tertiary/aromatic N) is 4. The van der Waals surface area contributed by atoms with E-state index >= 15 is 0 Å². The highest BCUT2D eigenvalue weighted by atomic mass is 16.5. The van der Waals surface area contributed by atoms with Gasteiger partial charge in [-0.25, -0.2) is 9.59 Å². The molecule has 0 N–H and O–H groups in total. The summed E-state index contributed by atoms with van der Waals surface area (Å²) >= 11 is 0. The number of ether oxygens (including phenoxy) is 1. The van der Waals surface area contributed by atoms with Gasteiger partial charge in [-0.05, 0) is 0 Å². The van der Waals surface area contributed by atoms with Gasteiger partial charge >= 0.3 is 11.4 Å². The zero-order valence-electron chi connectivity index (χ0n) is 13.0. The molecule has 0 aromatic carbocycles. The fraction of sp³-hybridized carbons (Fsp3) is 0.429. The molecular weight excluding hydrogens is 304 g/mol. The van der Waals surface area contributed by atoms with Crippen molar-refractivity contribution in [3.8, 4) is 0 Å². The van der Waals surface area contributed by atoms with Gasteiger partial charge in [-0.2, -0.15) is 0 Å². The van der Waals surface area contributed by atoms with Crippen molar-refractivity contribution >= 4 is 0 Å². The third-order valence-electron chi connectivity index (χ3n) is 3.40. The van der Waals surface area contributed by atoms with Gasteiger partial charge in [0, 0.05) is 38.6 Å². The van der Waals surface area contributed by atoms with Crippen LogP contribution in [0.2, 0.25) is 0 Å².